The number of fused-ring (bicyclic) bond motifs is 1. The van der Waals surface area contributed by atoms with Crippen LogP contribution in [0.15, 0.2) is 18.2 Å². The Morgan fingerprint density at radius 3 is 2.78 bits per heavy atom. The first-order valence-corrected chi connectivity index (χ1v) is 8.02. The highest BCUT2D eigenvalue weighted by Crippen LogP contribution is 2.26. The molecule has 1 aromatic carbocycles. The summed E-state index contributed by atoms with van der Waals surface area (Å²) < 4.78 is 10.2. The van der Waals surface area contributed by atoms with Gasteiger partial charge in [0.1, 0.15) is 5.75 Å². The van der Waals surface area contributed by atoms with Crippen molar-refractivity contribution in [2.75, 3.05) is 39.9 Å². The predicted molar refractivity (Wildman–Crippen MR) is 84.5 cm³/mol. The molecule has 2 amide bonds. The number of hydrogen-bond acceptors (Lipinski definition) is 4. The standard InChI is InChI=1S/C17H22N2O4/c1-22-17(21)19-7-2-6-18(8-9-19)16(20)12-13-3-4-15-14(11-13)5-10-23-15/h3-4,11H,2,5-10,12H2,1H3. The van der Waals surface area contributed by atoms with Gasteiger partial charge in [-0.15, -0.1) is 0 Å². The monoisotopic (exact) mass is 318 g/mol. The maximum atomic E-state index is 12.5. The second-order valence-corrected chi connectivity index (χ2v) is 5.91. The summed E-state index contributed by atoms with van der Waals surface area (Å²) in [4.78, 5) is 27.6. The predicted octanol–water partition coefficient (Wildman–Crippen LogP) is 1.46. The van der Waals surface area contributed by atoms with Crippen LogP contribution in [0, 0.1) is 0 Å². The van der Waals surface area contributed by atoms with Gasteiger partial charge in [-0.1, -0.05) is 12.1 Å². The van der Waals surface area contributed by atoms with Crippen molar-refractivity contribution in [2.24, 2.45) is 0 Å². The van der Waals surface area contributed by atoms with Gasteiger partial charge in [0.15, 0.2) is 0 Å². The molecule has 6 nitrogen and oxygen atoms in total. The summed E-state index contributed by atoms with van der Waals surface area (Å²) >= 11 is 0. The van der Waals surface area contributed by atoms with Crippen molar-refractivity contribution in [3.05, 3.63) is 29.3 Å². The van der Waals surface area contributed by atoms with Crippen LogP contribution < -0.4 is 4.74 Å². The summed E-state index contributed by atoms with van der Waals surface area (Å²) in [6, 6.07) is 5.98. The average molecular weight is 318 g/mol. The van der Waals surface area contributed by atoms with Crippen molar-refractivity contribution < 1.29 is 19.1 Å². The van der Waals surface area contributed by atoms with Gasteiger partial charge < -0.3 is 19.3 Å². The number of rotatable bonds is 2. The first kappa shape index (κ1) is 15.6. The average Bonchev–Trinajstić information content (AvgIpc) is 2.88. The van der Waals surface area contributed by atoms with Crippen LogP contribution >= 0.6 is 0 Å². The molecule has 0 N–H and O–H groups in total. The number of carbonyl (C=O) groups excluding carboxylic acids is 2. The molecule has 0 aliphatic carbocycles. The van der Waals surface area contributed by atoms with Crippen molar-refractivity contribution in [3.8, 4) is 5.75 Å². The number of ether oxygens (including phenoxy) is 2. The molecule has 2 aliphatic rings. The van der Waals surface area contributed by atoms with E-state index in [0.29, 0.717) is 32.6 Å². The molecule has 0 atom stereocenters. The van der Waals surface area contributed by atoms with Crippen molar-refractivity contribution in [1.82, 2.24) is 9.80 Å². The minimum absolute atomic E-state index is 0.107. The molecule has 2 heterocycles. The fourth-order valence-electron chi connectivity index (χ4n) is 3.11. The SMILES string of the molecule is COC(=O)N1CCCN(C(=O)Cc2ccc3c(c2)CCO3)CC1. The Kier molecular flexibility index (Phi) is 4.69. The van der Waals surface area contributed by atoms with Crippen LogP contribution in [-0.4, -0.2) is 61.7 Å². The lowest BCUT2D eigenvalue weighted by molar-refractivity contribution is -0.130. The number of benzene rings is 1. The number of methoxy groups -OCH3 is 1. The molecule has 0 unspecified atom stereocenters. The summed E-state index contributed by atoms with van der Waals surface area (Å²) in [5.41, 5.74) is 2.20. The van der Waals surface area contributed by atoms with Crippen LogP contribution in [0.2, 0.25) is 0 Å². The molecule has 23 heavy (non-hydrogen) atoms. The number of nitrogens with zero attached hydrogens (tertiary/aromatic N) is 2. The highest BCUT2D eigenvalue weighted by Gasteiger charge is 2.22. The van der Waals surface area contributed by atoms with Gasteiger partial charge in [-0.2, -0.15) is 0 Å². The van der Waals surface area contributed by atoms with Gasteiger partial charge in [0.05, 0.1) is 20.1 Å². The molecule has 124 valence electrons. The fraction of sp³-hybridized carbons (Fsp3) is 0.529. The topological polar surface area (TPSA) is 59.1 Å². The zero-order valence-corrected chi connectivity index (χ0v) is 13.4. The van der Waals surface area contributed by atoms with Gasteiger partial charge in [-0.05, 0) is 23.6 Å². The lowest BCUT2D eigenvalue weighted by atomic mass is 10.1. The molecule has 2 aliphatic heterocycles. The van der Waals surface area contributed by atoms with Gasteiger partial charge in [-0.3, -0.25) is 4.79 Å². The minimum atomic E-state index is -0.321. The number of carbonyl (C=O) groups is 2. The van der Waals surface area contributed by atoms with Crippen LogP contribution in [-0.2, 0) is 22.4 Å². The highest BCUT2D eigenvalue weighted by molar-refractivity contribution is 5.79. The van der Waals surface area contributed by atoms with Crippen LogP contribution in [0.1, 0.15) is 17.5 Å². The normalized spacial score (nSPS) is 17.3. The van der Waals surface area contributed by atoms with E-state index in [9.17, 15) is 9.59 Å². The molecule has 0 radical (unpaired) electrons. The largest absolute Gasteiger partial charge is 0.493 e. The third kappa shape index (κ3) is 3.57. The van der Waals surface area contributed by atoms with E-state index in [1.54, 1.807) is 4.90 Å². The van der Waals surface area contributed by atoms with E-state index in [4.69, 9.17) is 9.47 Å². The minimum Gasteiger partial charge on any atom is -0.493 e. The van der Waals surface area contributed by atoms with E-state index >= 15 is 0 Å². The third-order valence-corrected chi connectivity index (χ3v) is 4.39. The molecule has 1 saturated heterocycles. The molecular weight excluding hydrogens is 296 g/mol. The molecular formula is C17H22N2O4. The van der Waals surface area contributed by atoms with E-state index in [1.165, 1.54) is 12.7 Å². The Hall–Kier alpha value is -2.24. The summed E-state index contributed by atoms with van der Waals surface area (Å²) in [5.74, 6) is 1.04. The molecule has 3 rings (SSSR count). The second kappa shape index (κ2) is 6.89. The summed E-state index contributed by atoms with van der Waals surface area (Å²) in [6.45, 7) is 3.12. The van der Waals surface area contributed by atoms with Crippen molar-refractivity contribution in [2.45, 2.75) is 19.3 Å². The lowest BCUT2D eigenvalue weighted by Crippen LogP contribution is -2.37. The first-order valence-electron chi connectivity index (χ1n) is 8.02. The van der Waals surface area contributed by atoms with Crippen LogP contribution in [0.5, 0.6) is 5.75 Å². The van der Waals surface area contributed by atoms with Crippen LogP contribution in [0.4, 0.5) is 4.79 Å². The molecule has 1 fully saturated rings. The molecule has 6 heteroatoms. The van der Waals surface area contributed by atoms with E-state index in [1.807, 2.05) is 17.0 Å². The summed E-state index contributed by atoms with van der Waals surface area (Å²) in [7, 11) is 1.38. The highest BCUT2D eigenvalue weighted by atomic mass is 16.5. The zero-order valence-electron chi connectivity index (χ0n) is 13.4. The smallest absolute Gasteiger partial charge is 0.409 e. The number of amides is 2. The Bertz CT molecular complexity index is 602. The van der Waals surface area contributed by atoms with Gasteiger partial charge in [0.2, 0.25) is 5.91 Å². The molecule has 0 aromatic heterocycles. The molecule has 0 saturated carbocycles. The van der Waals surface area contributed by atoms with Gasteiger partial charge in [0, 0.05) is 32.6 Å². The number of hydrogen-bond donors (Lipinski definition) is 0. The van der Waals surface area contributed by atoms with Crippen LogP contribution in [0.25, 0.3) is 0 Å². The molecule has 0 spiro atoms. The summed E-state index contributed by atoms with van der Waals surface area (Å²) in [5, 5.41) is 0. The summed E-state index contributed by atoms with van der Waals surface area (Å²) in [6.07, 6.45) is 1.76. The van der Waals surface area contributed by atoms with Crippen LogP contribution in [0.3, 0.4) is 0 Å². The van der Waals surface area contributed by atoms with E-state index in [-0.39, 0.29) is 12.0 Å². The Balaban J connectivity index is 1.59. The van der Waals surface area contributed by atoms with Crippen molar-refractivity contribution in [1.29, 1.82) is 0 Å². The quantitative estimate of drug-likeness (QED) is 0.828. The zero-order chi connectivity index (χ0) is 16.2. The van der Waals surface area contributed by atoms with Crippen molar-refractivity contribution in [3.63, 3.8) is 0 Å². The van der Waals surface area contributed by atoms with E-state index in [0.717, 1.165) is 30.8 Å². The Morgan fingerprint density at radius 2 is 1.96 bits per heavy atom. The molecule has 0 bridgehead atoms. The third-order valence-electron chi connectivity index (χ3n) is 4.39. The first-order chi connectivity index (χ1) is 11.2. The van der Waals surface area contributed by atoms with Gasteiger partial charge >= 0.3 is 6.09 Å². The van der Waals surface area contributed by atoms with Gasteiger partial charge in [-0.25, -0.2) is 4.79 Å². The van der Waals surface area contributed by atoms with Crippen molar-refractivity contribution >= 4 is 12.0 Å². The fourth-order valence-corrected chi connectivity index (χ4v) is 3.11. The lowest BCUT2D eigenvalue weighted by Gasteiger charge is -2.21. The molecule has 1 aromatic rings. The maximum Gasteiger partial charge on any atom is 0.409 e. The van der Waals surface area contributed by atoms with Gasteiger partial charge in [0.25, 0.3) is 0 Å². The Morgan fingerprint density at radius 1 is 1.17 bits per heavy atom. The van der Waals surface area contributed by atoms with E-state index < -0.39 is 0 Å². The van der Waals surface area contributed by atoms with E-state index in [2.05, 4.69) is 6.07 Å². The second-order valence-electron chi connectivity index (χ2n) is 5.91. The maximum absolute atomic E-state index is 12.5. The Labute approximate surface area is 136 Å².